The van der Waals surface area contributed by atoms with Gasteiger partial charge in [0.2, 0.25) is 5.91 Å². The van der Waals surface area contributed by atoms with Crippen LogP contribution in [0, 0.1) is 0 Å². The average molecular weight is 279 g/mol. The van der Waals surface area contributed by atoms with Crippen molar-refractivity contribution in [3.8, 4) is 0 Å². The predicted molar refractivity (Wildman–Crippen MR) is 72.0 cm³/mol. The number of hydrogen-bond donors (Lipinski definition) is 3. The number of nitrogens with one attached hydrogen (secondary N) is 2. The molecule has 0 aliphatic carbocycles. The molecule has 7 heteroatoms. The summed E-state index contributed by atoms with van der Waals surface area (Å²) in [6, 6.07) is 6.55. The van der Waals surface area contributed by atoms with Crippen molar-refractivity contribution in [3.05, 3.63) is 35.9 Å². The van der Waals surface area contributed by atoms with Gasteiger partial charge in [0.25, 0.3) is 0 Å². The van der Waals surface area contributed by atoms with E-state index in [-0.39, 0.29) is 12.5 Å². The molecule has 0 saturated heterocycles. The number of hydrogen-bond acceptors (Lipinski definition) is 3. The Morgan fingerprint density at radius 1 is 1.25 bits per heavy atom. The van der Waals surface area contributed by atoms with Gasteiger partial charge in [0.1, 0.15) is 6.54 Å². The molecule has 20 heavy (non-hydrogen) atoms. The van der Waals surface area contributed by atoms with Crippen LogP contribution in [0.3, 0.4) is 0 Å². The SMILES string of the molecule is CNC(=O)CN(C)C(=O)N[C@H](C(=O)O)c1ccccc1. The molecule has 0 aromatic heterocycles. The number of aliphatic carboxylic acids is 1. The summed E-state index contributed by atoms with van der Waals surface area (Å²) < 4.78 is 0. The van der Waals surface area contributed by atoms with Crippen LogP contribution in [0.15, 0.2) is 30.3 Å². The molecule has 1 atom stereocenters. The number of urea groups is 1. The minimum Gasteiger partial charge on any atom is -0.479 e. The van der Waals surface area contributed by atoms with Crippen LogP contribution in [0.2, 0.25) is 0 Å². The zero-order valence-corrected chi connectivity index (χ0v) is 11.3. The van der Waals surface area contributed by atoms with Gasteiger partial charge in [0.15, 0.2) is 6.04 Å². The number of carboxylic acids is 1. The number of nitrogens with zero attached hydrogens (tertiary/aromatic N) is 1. The number of benzene rings is 1. The molecule has 1 aromatic rings. The second kappa shape index (κ2) is 7.13. The fraction of sp³-hybridized carbons (Fsp3) is 0.308. The Morgan fingerprint density at radius 3 is 2.35 bits per heavy atom. The third-order valence-corrected chi connectivity index (χ3v) is 2.65. The minimum absolute atomic E-state index is 0.149. The normalized spacial score (nSPS) is 11.3. The maximum atomic E-state index is 11.9. The van der Waals surface area contributed by atoms with E-state index < -0.39 is 18.0 Å². The number of rotatable bonds is 5. The molecule has 0 saturated carbocycles. The van der Waals surface area contributed by atoms with Crippen LogP contribution in [-0.2, 0) is 9.59 Å². The van der Waals surface area contributed by atoms with Gasteiger partial charge in [-0.15, -0.1) is 0 Å². The van der Waals surface area contributed by atoms with E-state index in [1.54, 1.807) is 30.3 Å². The quantitative estimate of drug-likeness (QED) is 0.717. The highest BCUT2D eigenvalue weighted by Gasteiger charge is 2.23. The van der Waals surface area contributed by atoms with Crippen molar-refractivity contribution in [1.29, 1.82) is 0 Å². The number of likely N-dealkylation sites (N-methyl/N-ethyl adjacent to an activating group) is 2. The first-order valence-corrected chi connectivity index (χ1v) is 5.95. The lowest BCUT2D eigenvalue weighted by Crippen LogP contribution is -2.45. The molecule has 0 fully saturated rings. The van der Waals surface area contributed by atoms with Crippen molar-refractivity contribution in [2.45, 2.75) is 6.04 Å². The monoisotopic (exact) mass is 279 g/mol. The van der Waals surface area contributed by atoms with E-state index in [1.807, 2.05) is 0 Å². The fourth-order valence-corrected chi connectivity index (χ4v) is 1.53. The molecular weight excluding hydrogens is 262 g/mol. The van der Waals surface area contributed by atoms with Crippen molar-refractivity contribution < 1.29 is 19.5 Å². The second-order valence-electron chi connectivity index (χ2n) is 4.16. The third-order valence-electron chi connectivity index (χ3n) is 2.65. The van der Waals surface area contributed by atoms with Gasteiger partial charge in [-0.1, -0.05) is 30.3 Å². The van der Waals surface area contributed by atoms with Gasteiger partial charge in [-0.2, -0.15) is 0 Å². The Labute approximate surface area is 116 Å². The van der Waals surface area contributed by atoms with Gasteiger partial charge < -0.3 is 20.6 Å². The van der Waals surface area contributed by atoms with Crippen molar-refractivity contribution in [2.75, 3.05) is 20.6 Å². The molecule has 3 N–H and O–H groups in total. The van der Waals surface area contributed by atoms with E-state index in [0.717, 1.165) is 4.90 Å². The van der Waals surface area contributed by atoms with Gasteiger partial charge in [-0.05, 0) is 5.56 Å². The molecule has 0 unspecified atom stereocenters. The van der Waals surface area contributed by atoms with E-state index in [0.29, 0.717) is 5.56 Å². The highest BCUT2D eigenvalue weighted by atomic mass is 16.4. The van der Waals surface area contributed by atoms with Crippen molar-refractivity contribution in [2.24, 2.45) is 0 Å². The Balaban J connectivity index is 2.74. The zero-order chi connectivity index (χ0) is 15.1. The molecule has 3 amide bonds. The lowest BCUT2D eigenvalue weighted by Gasteiger charge is -2.21. The van der Waals surface area contributed by atoms with Crippen LogP contribution in [0.1, 0.15) is 11.6 Å². The summed E-state index contributed by atoms with van der Waals surface area (Å²) in [6.07, 6.45) is 0. The molecule has 1 rings (SSSR count). The first-order chi connectivity index (χ1) is 9.45. The van der Waals surface area contributed by atoms with E-state index in [1.165, 1.54) is 14.1 Å². The average Bonchev–Trinajstić information content (AvgIpc) is 2.44. The summed E-state index contributed by atoms with van der Waals surface area (Å²) in [4.78, 5) is 35.4. The second-order valence-corrected chi connectivity index (χ2v) is 4.16. The standard InChI is InChI=1S/C13H17N3O4/c1-14-10(17)8-16(2)13(20)15-11(12(18)19)9-6-4-3-5-7-9/h3-7,11H,8H2,1-2H3,(H,14,17)(H,15,20)(H,18,19)/t11-/m0/s1. The Bertz CT molecular complexity index is 490. The first-order valence-electron chi connectivity index (χ1n) is 5.95. The van der Waals surface area contributed by atoms with Crippen LogP contribution < -0.4 is 10.6 Å². The topological polar surface area (TPSA) is 98.7 Å². The predicted octanol–water partition coefficient (Wildman–Crippen LogP) is 0.200. The minimum atomic E-state index is -1.17. The lowest BCUT2D eigenvalue weighted by molar-refractivity contribution is -0.139. The Morgan fingerprint density at radius 2 is 1.85 bits per heavy atom. The number of carboxylic acid groups (broad SMARTS) is 1. The van der Waals surface area contributed by atoms with Gasteiger partial charge in [0.05, 0.1) is 0 Å². The van der Waals surface area contributed by atoms with E-state index >= 15 is 0 Å². The molecule has 0 bridgehead atoms. The molecule has 0 spiro atoms. The molecular formula is C13H17N3O4. The number of carbonyl (C=O) groups excluding carboxylic acids is 2. The number of carbonyl (C=O) groups is 3. The Hall–Kier alpha value is -2.57. The van der Waals surface area contributed by atoms with Gasteiger partial charge in [-0.25, -0.2) is 9.59 Å². The summed E-state index contributed by atoms with van der Waals surface area (Å²) in [5.74, 6) is -1.51. The van der Waals surface area contributed by atoms with Gasteiger partial charge in [0, 0.05) is 14.1 Å². The molecule has 7 nitrogen and oxygen atoms in total. The first kappa shape index (κ1) is 15.5. The summed E-state index contributed by atoms with van der Waals surface area (Å²) in [6.45, 7) is -0.149. The van der Waals surface area contributed by atoms with Gasteiger partial charge >= 0.3 is 12.0 Å². The lowest BCUT2D eigenvalue weighted by atomic mass is 10.1. The van der Waals surface area contributed by atoms with Gasteiger partial charge in [-0.3, -0.25) is 4.79 Å². The fourth-order valence-electron chi connectivity index (χ4n) is 1.53. The van der Waals surface area contributed by atoms with Crippen LogP contribution in [0.25, 0.3) is 0 Å². The van der Waals surface area contributed by atoms with E-state index in [9.17, 15) is 19.5 Å². The van der Waals surface area contributed by atoms with Crippen LogP contribution in [-0.4, -0.2) is 48.6 Å². The largest absolute Gasteiger partial charge is 0.479 e. The summed E-state index contributed by atoms with van der Waals surface area (Å²) in [7, 11) is 2.87. The zero-order valence-electron chi connectivity index (χ0n) is 11.3. The highest BCUT2D eigenvalue weighted by molar-refractivity contribution is 5.86. The molecule has 0 radical (unpaired) electrons. The van der Waals surface area contributed by atoms with Crippen LogP contribution >= 0.6 is 0 Å². The third kappa shape index (κ3) is 4.27. The summed E-state index contributed by atoms with van der Waals surface area (Å²) >= 11 is 0. The Kier molecular flexibility index (Phi) is 5.52. The molecule has 108 valence electrons. The van der Waals surface area contributed by atoms with Crippen molar-refractivity contribution in [1.82, 2.24) is 15.5 Å². The van der Waals surface area contributed by atoms with E-state index in [4.69, 9.17) is 0 Å². The maximum Gasteiger partial charge on any atom is 0.330 e. The summed E-state index contributed by atoms with van der Waals surface area (Å²) in [5, 5.41) is 13.9. The van der Waals surface area contributed by atoms with Crippen molar-refractivity contribution in [3.63, 3.8) is 0 Å². The highest BCUT2D eigenvalue weighted by Crippen LogP contribution is 2.12. The molecule has 0 aliphatic heterocycles. The summed E-state index contributed by atoms with van der Waals surface area (Å²) in [5.41, 5.74) is 0.460. The molecule has 0 heterocycles. The molecule has 0 aliphatic rings. The number of amides is 3. The molecule has 1 aromatic carbocycles. The smallest absolute Gasteiger partial charge is 0.330 e. The van der Waals surface area contributed by atoms with Crippen molar-refractivity contribution >= 4 is 17.9 Å². The maximum absolute atomic E-state index is 11.9. The van der Waals surface area contributed by atoms with Crippen LogP contribution in [0.4, 0.5) is 4.79 Å². The van der Waals surface area contributed by atoms with Crippen LogP contribution in [0.5, 0.6) is 0 Å². The van der Waals surface area contributed by atoms with E-state index in [2.05, 4.69) is 10.6 Å².